The van der Waals surface area contributed by atoms with E-state index in [1.807, 2.05) is 13.8 Å². The maximum absolute atomic E-state index is 12.3. The Balaban J connectivity index is 2.14. The maximum atomic E-state index is 12.3. The molecule has 0 saturated carbocycles. The SMILES string of the molecule is CC1CN(C(=O)C=Cc2ccccc2[N+](=O)[O-])C(C)CN1. The molecule has 21 heavy (non-hydrogen) atoms. The molecule has 6 nitrogen and oxygen atoms in total. The molecule has 6 heteroatoms. The fourth-order valence-corrected chi connectivity index (χ4v) is 2.38. The number of nitro benzene ring substituents is 1. The van der Waals surface area contributed by atoms with Crippen LogP contribution >= 0.6 is 0 Å². The smallest absolute Gasteiger partial charge is 0.276 e. The van der Waals surface area contributed by atoms with Crippen molar-refractivity contribution >= 4 is 17.7 Å². The van der Waals surface area contributed by atoms with Gasteiger partial charge in [0.25, 0.3) is 5.69 Å². The predicted octanol–water partition coefficient (Wildman–Crippen LogP) is 1.82. The first-order valence-electron chi connectivity index (χ1n) is 6.94. The lowest BCUT2D eigenvalue weighted by molar-refractivity contribution is -0.385. The molecule has 2 unspecified atom stereocenters. The van der Waals surface area contributed by atoms with Gasteiger partial charge in [-0.2, -0.15) is 0 Å². The van der Waals surface area contributed by atoms with Crippen molar-refractivity contribution in [3.05, 3.63) is 46.0 Å². The van der Waals surface area contributed by atoms with Gasteiger partial charge in [-0.15, -0.1) is 0 Å². The number of nitrogens with one attached hydrogen (secondary N) is 1. The van der Waals surface area contributed by atoms with E-state index in [0.717, 1.165) is 6.54 Å². The van der Waals surface area contributed by atoms with Crippen LogP contribution in [-0.4, -0.2) is 40.9 Å². The highest BCUT2D eigenvalue weighted by molar-refractivity contribution is 5.92. The van der Waals surface area contributed by atoms with Gasteiger partial charge in [0.2, 0.25) is 5.91 Å². The molecule has 0 aromatic heterocycles. The van der Waals surface area contributed by atoms with Gasteiger partial charge < -0.3 is 10.2 Å². The van der Waals surface area contributed by atoms with Crippen molar-refractivity contribution in [3.63, 3.8) is 0 Å². The van der Waals surface area contributed by atoms with E-state index in [0.29, 0.717) is 12.1 Å². The number of rotatable bonds is 3. The minimum atomic E-state index is -0.445. The minimum Gasteiger partial charge on any atom is -0.334 e. The van der Waals surface area contributed by atoms with Crippen LogP contribution in [0, 0.1) is 10.1 Å². The molecular formula is C15H19N3O3. The Labute approximate surface area is 123 Å². The number of carbonyl (C=O) groups excluding carboxylic acids is 1. The summed E-state index contributed by atoms with van der Waals surface area (Å²) in [5.41, 5.74) is 0.440. The third kappa shape index (κ3) is 3.66. The van der Waals surface area contributed by atoms with Crippen molar-refractivity contribution in [2.45, 2.75) is 25.9 Å². The van der Waals surface area contributed by atoms with E-state index in [1.54, 1.807) is 23.1 Å². The number of nitrogens with zero attached hydrogens (tertiary/aromatic N) is 2. The van der Waals surface area contributed by atoms with Gasteiger partial charge in [0, 0.05) is 37.3 Å². The molecule has 2 atom stereocenters. The second-order valence-electron chi connectivity index (χ2n) is 5.30. The van der Waals surface area contributed by atoms with E-state index in [-0.39, 0.29) is 23.7 Å². The van der Waals surface area contributed by atoms with Gasteiger partial charge in [-0.1, -0.05) is 12.1 Å². The van der Waals surface area contributed by atoms with E-state index >= 15 is 0 Å². The standard InChI is InChI=1S/C15H19N3O3/c1-11-10-17(12(2)9-16-11)15(19)8-7-13-5-3-4-6-14(13)18(20)21/h3-8,11-12,16H,9-10H2,1-2H3. The Bertz CT molecular complexity index is 571. The molecule has 1 fully saturated rings. The summed E-state index contributed by atoms with van der Waals surface area (Å²) in [5.74, 6) is -0.117. The Morgan fingerprint density at radius 2 is 2.14 bits per heavy atom. The minimum absolute atomic E-state index is 0.00303. The third-order valence-corrected chi connectivity index (χ3v) is 3.59. The van der Waals surface area contributed by atoms with Crippen molar-refractivity contribution in [2.75, 3.05) is 13.1 Å². The Morgan fingerprint density at radius 1 is 1.43 bits per heavy atom. The fourth-order valence-electron chi connectivity index (χ4n) is 2.38. The van der Waals surface area contributed by atoms with E-state index in [4.69, 9.17) is 0 Å². The molecule has 0 aliphatic carbocycles. The first-order chi connectivity index (χ1) is 9.99. The average Bonchev–Trinajstić information content (AvgIpc) is 2.47. The molecule has 112 valence electrons. The number of piperazine rings is 1. The van der Waals surface area contributed by atoms with Crippen LogP contribution in [0.3, 0.4) is 0 Å². The summed E-state index contributed by atoms with van der Waals surface area (Å²) < 4.78 is 0. The molecule has 1 aliphatic rings. The summed E-state index contributed by atoms with van der Waals surface area (Å²) in [7, 11) is 0. The Hall–Kier alpha value is -2.21. The third-order valence-electron chi connectivity index (χ3n) is 3.59. The number of para-hydroxylation sites is 1. The lowest BCUT2D eigenvalue weighted by Gasteiger charge is -2.36. The van der Waals surface area contributed by atoms with Crippen molar-refractivity contribution in [3.8, 4) is 0 Å². The zero-order valence-electron chi connectivity index (χ0n) is 12.2. The lowest BCUT2D eigenvalue weighted by atomic mass is 10.1. The molecule has 1 aliphatic heterocycles. The Kier molecular flexibility index (Phi) is 4.70. The summed E-state index contributed by atoms with van der Waals surface area (Å²) in [6, 6.07) is 6.75. The van der Waals surface area contributed by atoms with Crippen molar-refractivity contribution < 1.29 is 9.72 Å². The Morgan fingerprint density at radius 3 is 2.86 bits per heavy atom. The number of nitro groups is 1. The molecule has 1 saturated heterocycles. The van der Waals surface area contributed by atoms with Gasteiger partial charge in [-0.25, -0.2) is 0 Å². The van der Waals surface area contributed by atoms with Gasteiger partial charge in [0.15, 0.2) is 0 Å². The monoisotopic (exact) mass is 289 g/mol. The van der Waals surface area contributed by atoms with Gasteiger partial charge in [0.1, 0.15) is 0 Å². The van der Waals surface area contributed by atoms with E-state index < -0.39 is 4.92 Å². The van der Waals surface area contributed by atoms with Crippen molar-refractivity contribution in [1.82, 2.24) is 10.2 Å². The quantitative estimate of drug-likeness (QED) is 0.523. The van der Waals surface area contributed by atoms with E-state index in [1.165, 1.54) is 18.2 Å². The molecule has 0 spiro atoms. The maximum Gasteiger partial charge on any atom is 0.276 e. The van der Waals surface area contributed by atoms with Gasteiger partial charge in [-0.05, 0) is 26.0 Å². The first-order valence-corrected chi connectivity index (χ1v) is 6.94. The summed E-state index contributed by atoms with van der Waals surface area (Å²) in [6.07, 6.45) is 2.93. The van der Waals surface area contributed by atoms with Gasteiger partial charge in [0.05, 0.1) is 10.5 Å². The summed E-state index contributed by atoms with van der Waals surface area (Å²) in [5, 5.41) is 14.2. The topological polar surface area (TPSA) is 75.5 Å². The van der Waals surface area contributed by atoms with Crippen molar-refractivity contribution in [1.29, 1.82) is 0 Å². The van der Waals surface area contributed by atoms with Gasteiger partial charge >= 0.3 is 0 Å². The first kappa shape index (κ1) is 15.2. The summed E-state index contributed by atoms with van der Waals surface area (Å²) in [6.45, 7) is 5.40. The highest BCUT2D eigenvalue weighted by atomic mass is 16.6. The highest BCUT2D eigenvalue weighted by Gasteiger charge is 2.25. The molecule has 1 heterocycles. The average molecular weight is 289 g/mol. The second-order valence-corrected chi connectivity index (χ2v) is 5.30. The zero-order valence-corrected chi connectivity index (χ0v) is 12.2. The molecule has 1 N–H and O–H groups in total. The summed E-state index contributed by atoms with van der Waals surface area (Å²) >= 11 is 0. The van der Waals surface area contributed by atoms with Crippen LogP contribution in [0.1, 0.15) is 19.4 Å². The molecule has 0 radical (unpaired) electrons. The largest absolute Gasteiger partial charge is 0.334 e. The van der Waals surface area contributed by atoms with Crippen LogP contribution < -0.4 is 5.32 Å². The number of carbonyl (C=O) groups is 1. The van der Waals surface area contributed by atoms with Crippen LogP contribution in [0.25, 0.3) is 6.08 Å². The van der Waals surface area contributed by atoms with Crippen LogP contribution in [0.2, 0.25) is 0 Å². The lowest BCUT2D eigenvalue weighted by Crippen LogP contribution is -2.55. The normalized spacial score (nSPS) is 22.5. The van der Waals surface area contributed by atoms with Crippen LogP contribution in [0.15, 0.2) is 30.3 Å². The molecule has 1 aromatic carbocycles. The van der Waals surface area contributed by atoms with Crippen LogP contribution in [0.4, 0.5) is 5.69 Å². The molecule has 0 bridgehead atoms. The predicted molar refractivity (Wildman–Crippen MR) is 80.8 cm³/mol. The van der Waals surface area contributed by atoms with E-state index in [2.05, 4.69) is 5.32 Å². The van der Waals surface area contributed by atoms with Gasteiger partial charge in [-0.3, -0.25) is 14.9 Å². The van der Waals surface area contributed by atoms with E-state index in [9.17, 15) is 14.9 Å². The zero-order chi connectivity index (χ0) is 15.4. The number of hydrogen-bond acceptors (Lipinski definition) is 4. The molecule has 1 aromatic rings. The second kappa shape index (κ2) is 6.49. The van der Waals surface area contributed by atoms with Crippen molar-refractivity contribution in [2.24, 2.45) is 0 Å². The highest BCUT2D eigenvalue weighted by Crippen LogP contribution is 2.19. The summed E-state index contributed by atoms with van der Waals surface area (Å²) in [4.78, 5) is 24.5. The number of hydrogen-bond donors (Lipinski definition) is 1. The van der Waals surface area contributed by atoms with Crippen LogP contribution in [0.5, 0.6) is 0 Å². The fraction of sp³-hybridized carbons (Fsp3) is 0.400. The molecular weight excluding hydrogens is 270 g/mol. The molecule has 2 rings (SSSR count). The number of amides is 1. The van der Waals surface area contributed by atoms with Crippen LogP contribution in [-0.2, 0) is 4.79 Å². The number of benzene rings is 1. The molecule has 1 amide bonds.